The SMILES string of the molecule is C/C(=C\C=C(/C)c1cccs1)Cc1cccc(C)c1. The Labute approximate surface area is 120 Å². The lowest BCUT2D eigenvalue weighted by atomic mass is 10.0. The van der Waals surface area contributed by atoms with Crippen molar-refractivity contribution in [2.24, 2.45) is 0 Å². The summed E-state index contributed by atoms with van der Waals surface area (Å²) in [4.78, 5) is 1.35. The van der Waals surface area contributed by atoms with Gasteiger partial charge in [0.05, 0.1) is 0 Å². The lowest BCUT2D eigenvalue weighted by Gasteiger charge is -2.03. The molecule has 0 aliphatic carbocycles. The molecule has 0 aliphatic rings. The van der Waals surface area contributed by atoms with Gasteiger partial charge in [-0.3, -0.25) is 0 Å². The fourth-order valence-electron chi connectivity index (χ4n) is 2.06. The molecular weight excluding hydrogens is 248 g/mol. The van der Waals surface area contributed by atoms with Crippen molar-refractivity contribution in [3.05, 3.63) is 75.5 Å². The molecule has 0 N–H and O–H groups in total. The smallest absolute Gasteiger partial charge is 0.0299 e. The highest BCUT2D eigenvalue weighted by Crippen LogP contribution is 2.20. The second-order valence-electron chi connectivity index (χ2n) is 5.01. The Bertz CT molecular complexity index is 586. The minimum absolute atomic E-state index is 1.02. The summed E-state index contributed by atoms with van der Waals surface area (Å²) in [5.74, 6) is 0. The van der Waals surface area contributed by atoms with E-state index in [9.17, 15) is 0 Å². The first-order valence-electron chi connectivity index (χ1n) is 6.58. The third-order valence-electron chi connectivity index (χ3n) is 3.09. The predicted octanol–water partition coefficient (Wildman–Crippen LogP) is 5.65. The van der Waals surface area contributed by atoms with E-state index in [1.807, 2.05) is 0 Å². The van der Waals surface area contributed by atoms with E-state index in [0.29, 0.717) is 0 Å². The maximum absolute atomic E-state index is 2.26. The van der Waals surface area contributed by atoms with Crippen LogP contribution >= 0.6 is 11.3 Å². The van der Waals surface area contributed by atoms with E-state index in [4.69, 9.17) is 0 Å². The molecule has 2 aromatic rings. The van der Waals surface area contributed by atoms with Crippen LogP contribution in [0.4, 0.5) is 0 Å². The van der Waals surface area contributed by atoms with Crippen LogP contribution in [-0.4, -0.2) is 0 Å². The lowest BCUT2D eigenvalue weighted by molar-refractivity contribution is 1.14. The standard InChI is InChI=1S/C18H20S/c1-14-6-4-7-17(12-14)13-15(2)9-10-16(3)18-8-5-11-19-18/h4-12H,13H2,1-3H3/b15-9+,16-10+. The van der Waals surface area contributed by atoms with Gasteiger partial charge < -0.3 is 0 Å². The molecule has 0 saturated carbocycles. The Morgan fingerprint density at radius 1 is 1.11 bits per heavy atom. The third-order valence-corrected chi connectivity index (χ3v) is 4.10. The van der Waals surface area contributed by atoms with Crippen LogP contribution < -0.4 is 0 Å². The summed E-state index contributed by atoms with van der Waals surface area (Å²) < 4.78 is 0. The Morgan fingerprint density at radius 2 is 1.95 bits per heavy atom. The molecule has 0 unspecified atom stereocenters. The van der Waals surface area contributed by atoms with Crippen molar-refractivity contribution in [2.45, 2.75) is 27.2 Å². The maximum atomic E-state index is 2.26. The molecule has 2 rings (SSSR count). The molecule has 98 valence electrons. The predicted molar refractivity (Wildman–Crippen MR) is 86.6 cm³/mol. The van der Waals surface area contributed by atoms with Crippen LogP contribution in [0.3, 0.4) is 0 Å². The summed E-state index contributed by atoms with van der Waals surface area (Å²) in [5, 5.41) is 2.12. The van der Waals surface area contributed by atoms with Crippen LogP contribution in [0.25, 0.3) is 5.57 Å². The van der Waals surface area contributed by atoms with E-state index in [-0.39, 0.29) is 0 Å². The highest BCUT2D eigenvalue weighted by Gasteiger charge is 1.96. The van der Waals surface area contributed by atoms with Gasteiger partial charge in [-0.1, -0.05) is 53.6 Å². The Morgan fingerprint density at radius 3 is 2.63 bits per heavy atom. The first-order valence-corrected chi connectivity index (χ1v) is 7.46. The molecule has 0 amide bonds. The van der Waals surface area contributed by atoms with Crippen LogP contribution in [0.15, 0.2) is 59.5 Å². The molecule has 0 nitrogen and oxygen atoms in total. The molecule has 0 bridgehead atoms. The van der Waals surface area contributed by atoms with Gasteiger partial charge in [-0.2, -0.15) is 0 Å². The average molecular weight is 268 g/mol. The van der Waals surface area contributed by atoms with E-state index < -0.39 is 0 Å². The highest BCUT2D eigenvalue weighted by molar-refractivity contribution is 7.11. The third kappa shape index (κ3) is 4.22. The molecule has 1 aromatic heterocycles. The van der Waals surface area contributed by atoms with Crippen molar-refractivity contribution in [3.63, 3.8) is 0 Å². The van der Waals surface area contributed by atoms with Gasteiger partial charge in [-0.15, -0.1) is 11.3 Å². The molecular formula is C18H20S. The number of allylic oxidation sites excluding steroid dienone is 4. The van der Waals surface area contributed by atoms with Gasteiger partial charge in [-0.05, 0) is 49.8 Å². The number of hydrogen-bond acceptors (Lipinski definition) is 1. The second kappa shape index (κ2) is 6.53. The summed E-state index contributed by atoms with van der Waals surface area (Å²) in [7, 11) is 0. The lowest BCUT2D eigenvalue weighted by Crippen LogP contribution is -1.87. The fourth-order valence-corrected chi connectivity index (χ4v) is 2.77. The van der Waals surface area contributed by atoms with Crippen LogP contribution in [0.5, 0.6) is 0 Å². The molecule has 1 heterocycles. The monoisotopic (exact) mass is 268 g/mol. The van der Waals surface area contributed by atoms with Crippen molar-refractivity contribution in [1.82, 2.24) is 0 Å². The summed E-state index contributed by atoms with van der Waals surface area (Å²) in [6.45, 7) is 6.51. The number of hydrogen-bond donors (Lipinski definition) is 0. The topological polar surface area (TPSA) is 0 Å². The maximum Gasteiger partial charge on any atom is 0.0299 e. The van der Waals surface area contributed by atoms with Crippen LogP contribution in [0.2, 0.25) is 0 Å². The van der Waals surface area contributed by atoms with Gasteiger partial charge in [0.25, 0.3) is 0 Å². The molecule has 0 radical (unpaired) electrons. The van der Waals surface area contributed by atoms with Crippen LogP contribution in [0, 0.1) is 6.92 Å². The molecule has 19 heavy (non-hydrogen) atoms. The second-order valence-corrected chi connectivity index (χ2v) is 5.95. The molecule has 0 spiro atoms. The molecule has 0 atom stereocenters. The van der Waals surface area contributed by atoms with E-state index in [0.717, 1.165) is 6.42 Å². The summed E-state index contributed by atoms with van der Waals surface area (Å²) in [6.07, 6.45) is 5.48. The molecule has 0 saturated heterocycles. The Balaban J connectivity index is 2.05. The first-order chi connectivity index (χ1) is 9.15. The van der Waals surface area contributed by atoms with E-state index in [2.05, 4.69) is 74.7 Å². The normalized spacial score (nSPS) is 12.8. The van der Waals surface area contributed by atoms with Crippen LogP contribution in [-0.2, 0) is 6.42 Å². The molecule has 0 aliphatic heterocycles. The van der Waals surface area contributed by atoms with Gasteiger partial charge in [0.15, 0.2) is 0 Å². The summed E-state index contributed by atoms with van der Waals surface area (Å²) in [5.41, 5.74) is 5.44. The van der Waals surface area contributed by atoms with Gasteiger partial charge in [0, 0.05) is 4.88 Å². The zero-order valence-electron chi connectivity index (χ0n) is 11.8. The van der Waals surface area contributed by atoms with E-state index >= 15 is 0 Å². The van der Waals surface area contributed by atoms with Gasteiger partial charge in [-0.25, -0.2) is 0 Å². The number of thiophene rings is 1. The Hall–Kier alpha value is -1.60. The quantitative estimate of drug-likeness (QED) is 0.629. The van der Waals surface area contributed by atoms with Gasteiger partial charge in [0.1, 0.15) is 0 Å². The van der Waals surface area contributed by atoms with Crippen molar-refractivity contribution in [3.8, 4) is 0 Å². The number of benzene rings is 1. The zero-order chi connectivity index (χ0) is 13.7. The number of aryl methyl sites for hydroxylation is 1. The minimum atomic E-state index is 1.02. The zero-order valence-corrected chi connectivity index (χ0v) is 12.6. The first kappa shape index (κ1) is 13.8. The van der Waals surface area contributed by atoms with Crippen molar-refractivity contribution in [2.75, 3.05) is 0 Å². The average Bonchev–Trinajstić information content (AvgIpc) is 2.90. The van der Waals surface area contributed by atoms with E-state index in [1.165, 1.54) is 27.2 Å². The molecule has 1 aromatic carbocycles. The van der Waals surface area contributed by atoms with Crippen LogP contribution in [0.1, 0.15) is 29.9 Å². The molecule has 0 fully saturated rings. The summed E-state index contributed by atoms with van der Waals surface area (Å²) in [6, 6.07) is 13.0. The van der Waals surface area contributed by atoms with Gasteiger partial charge >= 0.3 is 0 Å². The fraction of sp³-hybridized carbons (Fsp3) is 0.222. The summed E-state index contributed by atoms with van der Waals surface area (Å²) >= 11 is 1.79. The molecule has 1 heteroatoms. The van der Waals surface area contributed by atoms with Crippen molar-refractivity contribution in [1.29, 1.82) is 0 Å². The Kier molecular flexibility index (Phi) is 4.75. The highest BCUT2D eigenvalue weighted by atomic mass is 32.1. The minimum Gasteiger partial charge on any atom is -0.144 e. The largest absolute Gasteiger partial charge is 0.144 e. The number of rotatable bonds is 4. The van der Waals surface area contributed by atoms with Crippen molar-refractivity contribution >= 4 is 16.9 Å². The van der Waals surface area contributed by atoms with Crippen molar-refractivity contribution < 1.29 is 0 Å². The van der Waals surface area contributed by atoms with E-state index in [1.54, 1.807) is 11.3 Å². The van der Waals surface area contributed by atoms with Gasteiger partial charge in [0.2, 0.25) is 0 Å².